The largest absolute Gasteiger partial charge is 0.364 e. The number of hydrogen-bond donors (Lipinski definition) is 1. The second kappa shape index (κ2) is 6.70. The number of carbonyl (C=O) groups is 1. The predicted octanol–water partition coefficient (Wildman–Crippen LogP) is 2.62. The number of rotatable bonds is 5. The Morgan fingerprint density at radius 2 is 2.27 bits per heavy atom. The van der Waals surface area contributed by atoms with Crippen LogP contribution in [0, 0.1) is 5.82 Å². The van der Waals surface area contributed by atoms with Gasteiger partial charge in [0.1, 0.15) is 5.82 Å². The number of hydrazone groups is 1. The van der Waals surface area contributed by atoms with Gasteiger partial charge in [0.05, 0.1) is 5.75 Å². The Hall–Kier alpha value is -1.54. The van der Waals surface area contributed by atoms with Crippen LogP contribution in [0.2, 0.25) is 0 Å². The van der Waals surface area contributed by atoms with Gasteiger partial charge in [0.25, 0.3) is 12.3 Å². The Morgan fingerprint density at radius 1 is 1.55 bits per heavy atom. The molecular weight excluding hydrogens is 317 g/mol. The minimum atomic E-state index is -3.11. The van der Waals surface area contributed by atoms with E-state index in [0.717, 1.165) is 11.8 Å². The number of hydrogen-bond acceptors (Lipinski definition) is 4. The van der Waals surface area contributed by atoms with Crippen LogP contribution in [0.4, 0.5) is 13.2 Å². The molecule has 0 aliphatic carbocycles. The van der Waals surface area contributed by atoms with E-state index in [2.05, 4.69) is 5.10 Å². The SMILES string of the molecule is CC1=NN(C(=O)CSCc2cccc(F)c2)[C@@](O)(C(F)F)C1. The Kier molecular flexibility index (Phi) is 5.12. The molecule has 0 bridgehead atoms. The summed E-state index contributed by atoms with van der Waals surface area (Å²) in [6.07, 6.45) is -3.48. The monoisotopic (exact) mass is 332 g/mol. The Labute approximate surface area is 130 Å². The number of aliphatic hydroxyl groups is 1. The maximum absolute atomic E-state index is 13.0. The molecule has 0 unspecified atom stereocenters. The van der Waals surface area contributed by atoms with E-state index in [9.17, 15) is 23.1 Å². The number of benzene rings is 1. The Bertz CT molecular complexity index is 597. The number of nitrogens with zero attached hydrogens (tertiary/aromatic N) is 2. The van der Waals surface area contributed by atoms with Crippen molar-refractivity contribution in [2.75, 3.05) is 5.75 Å². The van der Waals surface area contributed by atoms with Gasteiger partial charge in [-0.3, -0.25) is 4.79 Å². The highest BCUT2D eigenvalue weighted by atomic mass is 32.2. The molecule has 120 valence electrons. The molecule has 1 aromatic rings. The first kappa shape index (κ1) is 16.8. The third kappa shape index (κ3) is 3.61. The number of amides is 1. The van der Waals surface area contributed by atoms with Gasteiger partial charge in [-0.15, -0.1) is 11.8 Å². The van der Waals surface area contributed by atoms with Crippen LogP contribution in [0.15, 0.2) is 29.4 Å². The topological polar surface area (TPSA) is 52.9 Å². The third-order valence-corrected chi connectivity index (χ3v) is 4.11. The summed E-state index contributed by atoms with van der Waals surface area (Å²) >= 11 is 1.14. The van der Waals surface area contributed by atoms with Crippen LogP contribution in [0.5, 0.6) is 0 Å². The molecule has 0 saturated carbocycles. The Morgan fingerprint density at radius 3 is 2.91 bits per heavy atom. The lowest BCUT2D eigenvalue weighted by atomic mass is 10.1. The Balaban J connectivity index is 1.94. The van der Waals surface area contributed by atoms with Crippen molar-refractivity contribution in [1.29, 1.82) is 0 Å². The molecule has 0 fully saturated rings. The molecule has 4 nitrogen and oxygen atoms in total. The van der Waals surface area contributed by atoms with Gasteiger partial charge in [0.15, 0.2) is 0 Å². The lowest BCUT2D eigenvalue weighted by Gasteiger charge is -2.29. The minimum absolute atomic E-state index is 0.137. The molecule has 1 aliphatic heterocycles. The van der Waals surface area contributed by atoms with E-state index < -0.39 is 18.1 Å². The molecule has 0 radical (unpaired) electrons. The van der Waals surface area contributed by atoms with Crippen molar-refractivity contribution in [3.05, 3.63) is 35.6 Å². The van der Waals surface area contributed by atoms with Crippen molar-refractivity contribution in [2.45, 2.75) is 31.2 Å². The minimum Gasteiger partial charge on any atom is -0.364 e. The van der Waals surface area contributed by atoms with Gasteiger partial charge in [0.2, 0.25) is 5.72 Å². The van der Waals surface area contributed by atoms with Crippen LogP contribution in [-0.4, -0.2) is 39.6 Å². The first-order valence-corrected chi connectivity index (χ1v) is 7.68. The van der Waals surface area contributed by atoms with Crippen molar-refractivity contribution in [1.82, 2.24) is 5.01 Å². The van der Waals surface area contributed by atoms with Gasteiger partial charge in [-0.25, -0.2) is 13.2 Å². The van der Waals surface area contributed by atoms with Gasteiger partial charge in [-0.2, -0.15) is 10.1 Å². The highest BCUT2D eigenvalue weighted by Crippen LogP contribution is 2.31. The molecular formula is C14H15F3N2O2S. The fourth-order valence-corrected chi connectivity index (χ4v) is 2.94. The molecule has 0 saturated heterocycles. The summed E-state index contributed by atoms with van der Waals surface area (Å²) in [5.74, 6) is -0.868. The van der Waals surface area contributed by atoms with Crippen LogP contribution in [-0.2, 0) is 10.5 Å². The smallest absolute Gasteiger partial charge is 0.287 e. The molecule has 0 aromatic heterocycles. The molecule has 1 amide bonds. The maximum atomic E-state index is 13.0. The lowest BCUT2D eigenvalue weighted by molar-refractivity contribution is -0.190. The van der Waals surface area contributed by atoms with Crippen molar-refractivity contribution in [3.8, 4) is 0 Å². The fraction of sp³-hybridized carbons (Fsp3) is 0.429. The molecule has 22 heavy (non-hydrogen) atoms. The zero-order valence-electron chi connectivity index (χ0n) is 11.8. The summed E-state index contributed by atoms with van der Waals surface area (Å²) in [5, 5.41) is 14.1. The van der Waals surface area contributed by atoms with Crippen LogP contribution in [0.3, 0.4) is 0 Å². The highest BCUT2D eigenvalue weighted by molar-refractivity contribution is 7.99. The van der Waals surface area contributed by atoms with E-state index in [1.807, 2.05) is 0 Å². The van der Waals surface area contributed by atoms with Gasteiger partial charge < -0.3 is 5.11 Å². The summed E-state index contributed by atoms with van der Waals surface area (Å²) in [7, 11) is 0. The fourth-order valence-electron chi connectivity index (χ4n) is 2.13. The number of carbonyl (C=O) groups excluding carboxylic acids is 1. The van der Waals surface area contributed by atoms with E-state index in [-0.39, 0.29) is 23.7 Å². The predicted molar refractivity (Wildman–Crippen MR) is 78.1 cm³/mol. The summed E-state index contributed by atoms with van der Waals surface area (Å²) in [6, 6.07) is 5.90. The van der Waals surface area contributed by atoms with Gasteiger partial charge in [0, 0.05) is 17.9 Å². The van der Waals surface area contributed by atoms with E-state index in [1.54, 1.807) is 12.1 Å². The van der Waals surface area contributed by atoms with Gasteiger partial charge in [-0.1, -0.05) is 12.1 Å². The van der Waals surface area contributed by atoms with Crippen molar-refractivity contribution < 1.29 is 23.1 Å². The average molecular weight is 332 g/mol. The number of halogens is 3. The summed E-state index contributed by atoms with van der Waals surface area (Å²) in [5.41, 5.74) is -1.62. The standard InChI is InChI=1S/C14H15F3N2O2S/c1-9-6-14(21,13(16)17)19(18-9)12(20)8-22-7-10-3-2-4-11(15)5-10/h2-5,13,21H,6-8H2,1H3/t14-/m0/s1. The molecule has 8 heteroatoms. The van der Waals surface area contributed by atoms with E-state index in [1.165, 1.54) is 19.1 Å². The first-order valence-electron chi connectivity index (χ1n) is 6.53. The summed E-state index contributed by atoms with van der Waals surface area (Å²) in [6.45, 7) is 1.47. The molecule has 0 spiro atoms. The van der Waals surface area contributed by atoms with Crippen LogP contribution < -0.4 is 0 Å². The van der Waals surface area contributed by atoms with Gasteiger partial charge >= 0.3 is 0 Å². The van der Waals surface area contributed by atoms with Crippen molar-refractivity contribution in [3.63, 3.8) is 0 Å². The van der Waals surface area contributed by atoms with Crippen LogP contribution in [0.25, 0.3) is 0 Å². The van der Waals surface area contributed by atoms with E-state index in [4.69, 9.17) is 0 Å². The average Bonchev–Trinajstić information content (AvgIpc) is 2.75. The summed E-state index contributed by atoms with van der Waals surface area (Å²) in [4.78, 5) is 12.0. The van der Waals surface area contributed by atoms with Gasteiger partial charge in [-0.05, 0) is 24.6 Å². The zero-order chi connectivity index (χ0) is 16.3. The quantitative estimate of drug-likeness (QED) is 0.902. The molecule has 2 rings (SSSR count). The second-order valence-electron chi connectivity index (χ2n) is 5.02. The molecule has 1 N–H and O–H groups in total. The van der Waals surface area contributed by atoms with Crippen LogP contribution in [0.1, 0.15) is 18.9 Å². The van der Waals surface area contributed by atoms with E-state index >= 15 is 0 Å². The number of thioether (sulfide) groups is 1. The highest BCUT2D eigenvalue weighted by Gasteiger charge is 2.50. The second-order valence-corrected chi connectivity index (χ2v) is 6.01. The molecule has 1 heterocycles. The maximum Gasteiger partial charge on any atom is 0.287 e. The molecule has 1 aliphatic rings. The molecule has 1 aromatic carbocycles. The normalized spacial score (nSPS) is 21.4. The molecule has 1 atom stereocenters. The lowest BCUT2D eigenvalue weighted by Crippen LogP contribution is -2.52. The van der Waals surface area contributed by atoms with E-state index in [0.29, 0.717) is 16.3 Å². The van der Waals surface area contributed by atoms with Crippen molar-refractivity contribution in [2.24, 2.45) is 5.10 Å². The third-order valence-electron chi connectivity index (χ3n) is 3.12. The first-order chi connectivity index (χ1) is 10.3. The van der Waals surface area contributed by atoms with Crippen LogP contribution >= 0.6 is 11.8 Å². The number of alkyl halides is 2. The van der Waals surface area contributed by atoms with Crippen molar-refractivity contribution >= 4 is 23.4 Å². The zero-order valence-corrected chi connectivity index (χ0v) is 12.6. The summed E-state index contributed by atoms with van der Waals surface area (Å²) < 4.78 is 39.0.